The van der Waals surface area contributed by atoms with E-state index in [-0.39, 0.29) is 6.61 Å². The summed E-state index contributed by atoms with van der Waals surface area (Å²) < 4.78 is 11.4. The number of aliphatic hydroxyl groups is 3. The van der Waals surface area contributed by atoms with Crippen molar-refractivity contribution in [3.05, 3.63) is 29.5 Å². The minimum atomic E-state index is -1.19. The molecule has 0 spiro atoms. The number of nitrogens with zero attached hydrogens (tertiary/aromatic N) is 1. The molecule has 31 heavy (non-hydrogen) atoms. The van der Waals surface area contributed by atoms with Gasteiger partial charge in [0, 0.05) is 41.6 Å². The van der Waals surface area contributed by atoms with Gasteiger partial charge in [-0.3, -0.25) is 4.90 Å². The maximum Gasteiger partial charge on any atom is 0.229 e. The third kappa shape index (κ3) is 3.05. The molecule has 1 aromatic heterocycles. The smallest absolute Gasteiger partial charge is 0.229 e. The lowest BCUT2D eigenvalue weighted by atomic mass is 9.65. The Bertz CT molecular complexity index is 976. The predicted octanol–water partition coefficient (Wildman–Crippen LogP) is 1.75. The summed E-state index contributed by atoms with van der Waals surface area (Å²) in [6.45, 7) is 4.33. The molecule has 0 radical (unpaired) electrons. The van der Waals surface area contributed by atoms with Crippen molar-refractivity contribution in [2.45, 2.75) is 69.2 Å². The molecular weight excluding hydrogens is 396 g/mol. The summed E-state index contributed by atoms with van der Waals surface area (Å²) in [6.07, 6.45) is 0.781. The average Bonchev–Trinajstić information content (AvgIpc) is 3.25. The van der Waals surface area contributed by atoms with Gasteiger partial charge in [-0.05, 0) is 54.9 Å². The highest BCUT2D eigenvalue weighted by Crippen LogP contribution is 2.51. The van der Waals surface area contributed by atoms with Gasteiger partial charge >= 0.3 is 0 Å². The van der Waals surface area contributed by atoms with Gasteiger partial charge in [-0.1, -0.05) is 13.3 Å². The maximum absolute atomic E-state index is 10.2. The number of aromatic nitrogens is 1. The summed E-state index contributed by atoms with van der Waals surface area (Å²) in [4.78, 5) is 6.50. The molecule has 1 aliphatic carbocycles. The summed E-state index contributed by atoms with van der Waals surface area (Å²) >= 11 is 0. The molecule has 4 aliphatic heterocycles. The Balaban J connectivity index is 1.33. The number of fused-ring (bicyclic) bond motifs is 4. The van der Waals surface area contributed by atoms with E-state index in [4.69, 9.17) is 9.47 Å². The summed E-state index contributed by atoms with van der Waals surface area (Å²) in [5, 5.41) is 30.7. The highest BCUT2D eigenvalue weighted by molar-refractivity contribution is 5.86. The fourth-order valence-corrected chi connectivity index (χ4v) is 6.84. The van der Waals surface area contributed by atoms with Crippen molar-refractivity contribution in [1.82, 2.24) is 9.88 Å². The number of nitrogens with one attached hydrogen (secondary N) is 1. The van der Waals surface area contributed by atoms with Gasteiger partial charge in [0.25, 0.3) is 0 Å². The van der Waals surface area contributed by atoms with E-state index >= 15 is 0 Å². The van der Waals surface area contributed by atoms with Crippen LogP contribution in [0, 0.1) is 11.8 Å². The molecule has 4 N–H and O–H groups in total. The van der Waals surface area contributed by atoms with Gasteiger partial charge in [0.05, 0.1) is 6.61 Å². The van der Waals surface area contributed by atoms with Gasteiger partial charge in [-0.15, -0.1) is 0 Å². The molecule has 5 heterocycles. The molecule has 3 unspecified atom stereocenters. The molecule has 1 aromatic carbocycles. The number of aliphatic hydroxyl groups excluding tert-OH is 3. The first-order valence-electron chi connectivity index (χ1n) is 11.7. The lowest BCUT2D eigenvalue weighted by Gasteiger charge is -2.53. The molecule has 1 saturated carbocycles. The van der Waals surface area contributed by atoms with Crippen molar-refractivity contribution >= 4 is 10.9 Å². The zero-order valence-electron chi connectivity index (χ0n) is 17.9. The van der Waals surface area contributed by atoms with E-state index in [0.717, 1.165) is 30.3 Å². The minimum absolute atomic E-state index is 0.360. The number of ether oxygens (including phenoxy) is 2. The second kappa shape index (κ2) is 7.46. The Morgan fingerprint density at radius 2 is 2.10 bits per heavy atom. The Kier molecular flexibility index (Phi) is 4.81. The normalized spacial score (nSPS) is 41.4. The van der Waals surface area contributed by atoms with Crippen molar-refractivity contribution in [1.29, 1.82) is 0 Å². The van der Waals surface area contributed by atoms with Crippen LogP contribution in [0.3, 0.4) is 0 Å². The second-order valence-electron chi connectivity index (χ2n) is 9.90. The van der Waals surface area contributed by atoms with Crippen molar-refractivity contribution in [2.75, 3.05) is 19.7 Å². The van der Waals surface area contributed by atoms with Crippen LogP contribution in [0.2, 0.25) is 0 Å². The Hall–Kier alpha value is -1.64. The molecule has 5 aliphatic rings. The van der Waals surface area contributed by atoms with Crippen molar-refractivity contribution in [2.24, 2.45) is 11.8 Å². The van der Waals surface area contributed by atoms with Gasteiger partial charge in [0.2, 0.25) is 6.29 Å². The molecule has 3 saturated heterocycles. The second-order valence-corrected chi connectivity index (χ2v) is 9.90. The van der Waals surface area contributed by atoms with Crippen LogP contribution in [0.1, 0.15) is 43.4 Å². The number of hydrogen-bond donors (Lipinski definition) is 4. The van der Waals surface area contributed by atoms with Crippen LogP contribution in [0.15, 0.2) is 18.2 Å². The summed E-state index contributed by atoms with van der Waals surface area (Å²) in [7, 11) is 0. The first kappa shape index (κ1) is 20.0. The van der Waals surface area contributed by atoms with E-state index in [1.54, 1.807) is 0 Å². The average molecular weight is 429 g/mol. The lowest BCUT2D eigenvalue weighted by molar-refractivity contribution is -0.116. The molecule has 168 valence electrons. The van der Waals surface area contributed by atoms with Gasteiger partial charge < -0.3 is 29.8 Å². The fraction of sp³-hybridized carbons (Fsp3) is 0.667. The van der Waals surface area contributed by atoms with Gasteiger partial charge in [0.15, 0.2) is 0 Å². The monoisotopic (exact) mass is 428 g/mol. The predicted molar refractivity (Wildman–Crippen MR) is 115 cm³/mol. The number of piperidine rings is 2. The third-order valence-electron chi connectivity index (χ3n) is 8.24. The number of benzene rings is 1. The van der Waals surface area contributed by atoms with Crippen molar-refractivity contribution < 1.29 is 24.8 Å². The Morgan fingerprint density at radius 1 is 1.23 bits per heavy atom. The maximum atomic E-state index is 10.2. The van der Waals surface area contributed by atoms with Crippen LogP contribution in [0.25, 0.3) is 10.9 Å². The van der Waals surface area contributed by atoms with Crippen LogP contribution < -0.4 is 4.74 Å². The summed E-state index contributed by atoms with van der Waals surface area (Å²) in [6, 6.07) is 6.59. The molecule has 7 heteroatoms. The largest absolute Gasteiger partial charge is 0.462 e. The summed E-state index contributed by atoms with van der Waals surface area (Å²) in [5.41, 5.74) is 3.94. The van der Waals surface area contributed by atoms with Gasteiger partial charge in [-0.2, -0.15) is 0 Å². The van der Waals surface area contributed by atoms with E-state index < -0.39 is 24.6 Å². The Morgan fingerprint density at radius 3 is 2.87 bits per heavy atom. The van der Waals surface area contributed by atoms with Crippen molar-refractivity contribution in [3.63, 3.8) is 0 Å². The van der Waals surface area contributed by atoms with Gasteiger partial charge in [-0.25, -0.2) is 0 Å². The third-order valence-corrected chi connectivity index (χ3v) is 8.24. The summed E-state index contributed by atoms with van der Waals surface area (Å²) in [5.74, 6) is 2.78. The lowest BCUT2D eigenvalue weighted by Crippen LogP contribution is -2.56. The molecular formula is C24H32N2O5. The fourth-order valence-electron chi connectivity index (χ4n) is 6.84. The van der Waals surface area contributed by atoms with Crippen LogP contribution >= 0.6 is 0 Å². The first-order valence-corrected chi connectivity index (χ1v) is 11.7. The topological polar surface area (TPSA) is 98.2 Å². The molecule has 9 atom stereocenters. The zero-order chi connectivity index (χ0) is 21.3. The van der Waals surface area contributed by atoms with E-state index in [0.29, 0.717) is 17.7 Å². The number of hydrogen-bond acceptors (Lipinski definition) is 6. The molecule has 7 rings (SSSR count). The number of rotatable bonds is 4. The van der Waals surface area contributed by atoms with Crippen molar-refractivity contribution in [3.8, 4) is 5.75 Å². The first-order chi connectivity index (χ1) is 15.1. The van der Waals surface area contributed by atoms with Crippen LogP contribution in [-0.2, 0) is 11.2 Å². The number of aromatic amines is 1. The quantitative estimate of drug-likeness (QED) is 0.592. The zero-order valence-corrected chi connectivity index (χ0v) is 17.9. The molecule has 4 bridgehead atoms. The molecule has 7 nitrogen and oxygen atoms in total. The number of H-pyrrole nitrogens is 1. The Labute approximate surface area is 182 Å². The van der Waals surface area contributed by atoms with E-state index in [1.807, 2.05) is 18.2 Å². The van der Waals surface area contributed by atoms with Crippen LogP contribution in [0.4, 0.5) is 0 Å². The molecule has 0 amide bonds. The van der Waals surface area contributed by atoms with Gasteiger partial charge in [0.1, 0.15) is 24.1 Å². The van der Waals surface area contributed by atoms with E-state index in [1.165, 1.54) is 42.5 Å². The van der Waals surface area contributed by atoms with E-state index in [2.05, 4.69) is 16.8 Å². The SMILES string of the molecule is CC[C@H]1C[C@H]2C[C@H]3c4[nH]c5ccc(OC6O[C@H](CO)[C@@H](O)[C@H]6O)cc5c4CCN(C2)C13. The molecule has 4 fully saturated rings. The highest BCUT2D eigenvalue weighted by Gasteiger charge is 2.49. The highest BCUT2D eigenvalue weighted by atomic mass is 16.7. The standard InChI is InChI=1S/C24H32N2O5/c1-2-13-7-12-8-17-20-15(5-6-26(10-12)21(13)17)16-9-14(3-4-18(16)25-20)30-24-23(29)22(28)19(11-27)31-24/h3-4,9,12-13,17,19,21-25,27-29H,2,5-8,10-11H2,1H3/t12-,13-,17-,19+,21?,22+,23+,24?/m0/s1. The molecule has 2 aromatic rings. The van der Waals surface area contributed by atoms with E-state index in [9.17, 15) is 15.3 Å². The van der Waals surface area contributed by atoms with Crippen LogP contribution in [0.5, 0.6) is 5.75 Å². The minimum Gasteiger partial charge on any atom is -0.462 e. The van der Waals surface area contributed by atoms with Crippen LogP contribution in [-0.4, -0.2) is 75.5 Å².